The number of carbonyl (C=O) groups is 1. The van der Waals surface area contributed by atoms with Crippen LogP contribution in [0.4, 0.5) is 13.2 Å². The first-order valence-corrected chi connectivity index (χ1v) is 5.53. The second-order valence-electron chi connectivity index (χ2n) is 3.97. The van der Waals surface area contributed by atoms with Gasteiger partial charge in [0.1, 0.15) is 0 Å². The summed E-state index contributed by atoms with van der Waals surface area (Å²) in [6, 6.07) is 0.876. The molecule has 0 spiro atoms. The van der Waals surface area contributed by atoms with Gasteiger partial charge in [-0.15, -0.1) is 0 Å². The van der Waals surface area contributed by atoms with E-state index in [1.165, 1.54) is 0 Å². The molecule has 0 unspecified atom stereocenters. The fraction of sp³-hybridized carbons (Fsp3) is 0.545. The fourth-order valence-corrected chi connectivity index (χ4v) is 1.72. The number of aromatic nitrogens is 1. The van der Waals surface area contributed by atoms with Crippen molar-refractivity contribution in [2.24, 2.45) is 0 Å². The molecule has 0 atom stereocenters. The smallest absolute Gasteiger partial charge is 0.435 e. The number of carboxylic acid groups (broad SMARTS) is 1. The average molecular weight is 265 g/mol. The van der Waals surface area contributed by atoms with Crippen LogP contribution in [0, 0.1) is 0 Å². The molecule has 0 saturated carbocycles. The minimum atomic E-state index is -4.90. The highest BCUT2D eigenvalue weighted by atomic mass is 19.4. The van der Waals surface area contributed by atoms with Crippen molar-refractivity contribution in [1.29, 1.82) is 0 Å². The molecule has 0 aliphatic rings. The number of nitrogens with zero attached hydrogens (tertiary/aromatic N) is 1. The highest BCUT2D eigenvalue weighted by molar-refractivity contribution is 5.89. The van der Waals surface area contributed by atoms with Gasteiger partial charge in [0, 0.05) is 0 Å². The quantitative estimate of drug-likeness (QED) is 0.635. The zero-order chi connectivity index (χ0) is 13.9. The number of rotatable bonds is 5. The van der Waals surface area contributed by atoms with E-state index in [9.17, 15) is 23.2 Å². The predicted octanol–water partition coefficient (Wildman–Crippen LogP) is 3.18. The number of carboxylic acids is 1. The van der Waals surface area contributed by atoms with Crippen molar-refractivity contribution in [3.63, 3.8) is 0 Å². The molecule has 18 heavy (non-hydrogen) atoms. The Morgan fingerprint density at radius 3 is 2.39 bits per heavy atom. The summed E-state index contributed by atoms with van der Waals surface area (Å²) in [4.78, 5) is 10.7. The molecule has 2 N–H and O–H groups in total. The van der Waals surface area contributed by atoms with Gasteiger partial charge in [0.25, 0.3) is 0 Å². The van der Waals surface area contributed by atoms with Crippen LogP contribution in [0.1, 0.15) is 47.9 Å². The molecular formula is C11H14F3NO3. The minimum absolute atomic E-state index is 0.0341. The number of alkyl halides is 3. The van der Waals surface area contributed by atoms with Crippen molar-refractivity contribution in [2.75, 3.05) is 0 Å². The Hall–Kier alpha value is -1.66. The predicted molar refractivity (Wildman–Crippen MR) is 56.8 cm³/mol. The highest BCUT2D eigenvalue weighted by Gasteiger charge is 2.41. The molecule has 1 rings (SSSR count). The van der Waals surface area contributed by atoms with Crippen LogP contribution in [0.15, 0.2) is 6.07 Å². The summed E-state index contributed by atoms with van der Waals surface area (Å²) in [5.74, 6) is -1.70. The standard InChI is InChI=1S/C11H14F3NO3/c1-2-3-4-5-7-6-8(10(16)17)9(15(7)18)11(12,13)14/h6,18H,2-5H2,1H3,(H,16,17). The molecule has 0 saturated heterocycles. The van der Waals surface area contributed by atoms with Crippen LogP contribution in [0.25, 0.3) is 0 Å². The van der Waals surface area contributed by atoms with Gasteiger partial charge in [0.05, 0.1) is 11.3 Å². The summed E-state index contributed by atoms with van der Waals surface area (Å²) in [6.07, 6.45) is -2.41. The number of hydrogen-bond acceptors (Lipinski definition) is 2. The SMILES string of the molecule is CCCCCc1cc(C(=O)O)c(C(F)(F)F)n1O. The molecule has 0 amide bonds. The van der Waals surface area contributed by atoms with Crippen LogP contribution in [0.3, 0.4) is 0 Å². The third kappa shape index (κ3) is 2.96. The molecule has 7 heteroatoms. The van der Waals surface area contributed by atoms with Gasteiger partial charge in [0.2, 0.25) is 0 Å². The first kappa shape index (κ1) is 14.4. The summed E-state index contributed by atoms with van der Waals surface area (Å²) in [7, 11) is 0. The molecule has 1 heterocycles. The van der Waals surface area contributed by atoms with Crippen molar-refractivity contribution in [3.05, 3.63) is 23.0 Å². The lowest BCUT2D eigenvalue weighted by atomic mass is 10.1. The lowest BCUT2D eigenvalue weighted by Crippen LogP contribution is -2.17. The Morgan fingerprint density at radius 1 is 1.39 bits per heavy atom. The third-order valence-corrected chi connectivity index (χ3v) is 2.59. The number of aryl methyl sites for hydroxylation is 1. The molecule has 4 nitrogen and oxygen atoms in total. The normalized spacial score (nSPS) is 11.8. The number of halogens is 3. The molecule has 1 aromatic heterocycles. The van der Waals surface area contributed by atoms with Gasteiger partial charge >= 0.3 is 12.1 Å². The topological polar surface area (TPSA) is 62.5 Å². The van der Waals surface area contributed by atoms with Crippen molar-refractivity contribution < 1.29 is 28.3 Å². The van der Waals surface area contributed by atoms with E-state index in [4.69, 9.17) is 5.11 Å². The Morgan fingerprint density at radius 2 is 2.00 bits per heavy atom. The molecule has 0 fully saturated rings. The van der Waals surface area contributed by atoms with E-state index in [0.29, 0.717) is 6.42 Å². The first-order chi connectivity index (χ1) is 8.29. The van der Waals surface area contributed by atoms with Crippen LogP contribution in [0.2, 0.25) is 0 Å². The van der Waals surface area contributed by atoms with Crippen molar-refractivity contribution in [1.82, 2.24) is 4.73 Å². The van der Waals surface area contributed by atoms with E-state index in [1.54, 1.807) is 0 Å². The van der Waals surface area contributed by atoms with Gasteiger partial charge in [0.15, 0.2) is 5.69 Å². The van der Waals surface area contributed by atoms with Crippen LogP contribution in [-0.2, 0) is 12.6 Å². The monoisotopic (exact) mass is 265 g/mol. The maximum atomic E-state index is 12.6. The van der Waals surface area contributed by atoms with E-state index < -0.39 is 23.4 Å². The van der Waals surface area contributed by atoms with Gasteiger partial charge in [-0.2, -0.15) is 17.9 Å². The molecule has 0 bridgehead atoms. The largest absolute Gasteiger partial charge is 0.478 e. The van der Waals surface area contributed by atoms with Gasteiger partial charge in [-0.25, -0.2) is 4.79 Å². The fourth-order valence-electron chi connectivity index (χ4n) is 1.72. The molecule has 1 aromatic rings. The highest BCUT2D eigenvalue weighted by Crippen LogP contribution is 2.34. The summed E-state index contributed by atoms with van der Waals surface area (Å²) in [5.41, 5.74) is -2.48. The zero-order valence-electron chi connectivity index (χ0n) is 9.79. The van der Waals surface area contributed by atoms with Gasteiger partial charge in [-0.05, 0) is 18.9 Å². The number of aromatic carboxylic acids is 1. The summed E-state index contributed by atoms with van der Waals surface area (Å²) >= 11 is 0. The van der Waals surface area contributed by atoms with Crippen molar-refractivity contribution >= 4 is 5.97 Å². The zero-order valence-corrected chi connectivity index (χ0v) is 9.79. The first-order valence-electron chi connectivity index (χ1n) is 5.53. The lowest BCUT2D eigenvalue weighted by Gasteiger charge is -2.09. The maximum absolute atomic E-state index is 12.6. The minimum Gasteiger partial charge on any atom is -0.478 e. The van der Waals surface area contributed by atoms with Crippen LogP contribution < -0.4 is 0 Å². The Balaban J connectivity index is 3.12. The van der Waals surface area contributed by atoms with E-state index in [0.717, 1.165) is 18.9 Å². The average Bonchev–Trinajstić information content (AvgIpc) is 2.56. The molecule has 0 radical (unpaired) electrons. The molecule has 102 valence electrons. The maximum Gasteiger partial charge on any atom is 0.435 e. The van der Waals surface area contributed by atoms with E-state index >= 15 is 0 Å². The summed E-state index contributed by atoms with van der Waals surface area (Å²) < 4.78 is 37.8. The lowest BCUT2D eigenvalue weighted by molar-refractivity contribution is -0.151. The molecule has 0 aliphatic carbocycles. The van der Waals surface area contributed by atoms with E-state index in [2.05, 4.69) is 0 Å². The van der Waals surface area contributed by atoms with Crippen molar-refractivity contribution in [2.45, 2.75) is 38.8 Å². The Kier molecular flexibility index (Phi) is 4.26. The molecular weight excluding hydrogens is 251 g/mol. The molecule has 0 aliphatic heterocycles. The Labute approximate surface area is 102 Å². The second-order valence-corrected chi connectivity index (χ2v) is 3.97. The number of unbranched alkanes of at least 4 members (excludes halogenated alkanes) is 2. The van der Waals surface area contributed by atoms with Crippen LogP contribution in [0.5, 0.6) is 0 Å². The van der Waals surface area contributed by atoms with Gasteiger partial charge < -0.3 is 10.3 Å². The van der Waals surface area contributed by atoms with Gasteiger partial charge in [-0.3, -0.25) is 0 Å². The van der Waals surface area contributed by atoms with Gasteiger partial charge in [-0.1, -0.05) is 19.8 Å². The van der Waals surface area contributed by atoms with E-state index in [-0.39, 0.29) is 16.8 Å². The third-order valence-electron chi connectivity index (χ3n) is 2.59. The second kappa shape index (κ2) is 5.32. The van der Waals surface area contributed by atoms with Crippen LogP contribution >= 0.6 is 0 Å². The Bertz CT molecular complexity index is 437. The van der Waals surface area contributed by atoms with Crippen LogP contribution in [-0.4, -0.2) is 21.0 Å². The van der Waals surface area contributed by atoms with Crippen molar-refractivity contribution in [3.8, 4) is 0 Å². The van der Waals surface area contributed by atoms with E-state index in [1.807, 2.05) is 6.92 Å². The number of hydrogen-bond donors (Lipinski definition) is 2. The molecule has 0 aromatic carbocycles. The summed E-state index contributed by atoms with van der Waals surface area (Å²) in [6.45, 7) is 1.93. The summed E-state index contributed by atoms with van der Waals surface area (Å²) in [5, 5.41) is 18.1.